The molecule has 1 N–H and O–H groups in total. The van der Waals surface area contributed by atoms with Crippen LogP contribution in [0.4, 0.5) is 0 Å². The Hall–Kier alpha value is -1.69. The molecule has 1 aromatic carbocycles. The Morgan fingerprint density at radius 2 is 1.58 bits per heavy atom. The highest BCUT2D eigenvalue weighted by atomic mass is 32.2. The Balaban J connectivity index is 3.23. The van der Waals surface area contributed by atoms with E-state index in [4.69, 9.17) is 4.18 Å². The minimum Gasteiger partial charge on any atom is -0.385 e. The number of benzene rings is 1. The van der Waals surface area contributed by atoms with Crippen LogP contribution >= 0.6 is 0 Å². The van der Waals surface area contributed by atoms with Gasteiger partial charge in [0, 0.05) is 6.42 Å². The molecule has 0 saturated heterocycles. The summed E-state index contributed by atoms with van der Waals surface area (Å²) in [7, 11) is -3.99. The van der Waals surface area contributed by atoms with Gasteiger partial charge in [0.1, 0.15) is 4.90 Å². The highest BCUT2D eigenvalue weighted by Gasteiger charge is 2.29. The SMILES string of the molecule is C=C(/C=C\C=C/C)C(C)(O)CCOS(=O)(=O)c1c(C(C)C)cc(C(C)C)cc1C(C)C. The molecule has 0 radical (unpaired) electrons. The molecule has 1 atom stereocenters. The van der Waals surface area contributed by atoms with E-state index in [-0.39, 0.29) is 29.8 Å². The second-order valence-corrected chi connectivity index (χ2v) is 10.8. The predicted molar refractivity (Wildman–Crippen MR) is 130 cm³/mol. The standard InChI is InChI=1S/C26H40O4S/c1-10-11-12-13-21(8)26(9,27)14-15-30-31(28,29)25-23(19(4)5)16-22(18(2)3)17-24(25)20(6)7/h10-13,16-20,27H,8,14-15H2,1-7,9H3/b11-10-,13-12-. The summed E-state index contributed by atoms with van der Waals surface area (Å²) in [6.45, 7) is 19.5. The van der Waals surface area contributed by atoms with Gasteiger partial charge < -0.3 is 5.11 Å². The molecule has 0 amide bonds. The minimum atomic E-state index is -3.99. The second kappa shape index (κ2) is 11.3. The van der Waals surface area contributed by atoms with Crippen molar-refractivity contribution in [3.8, 4) is 0 Å². The summed E-state index contributed by atoms with van der Waals surface area (Å²) < 4.78 is 32.0. The molecule has 174 valence electrons. The summed E-state index contributed by atoms with van der Waals surface area (Å²) >= 11 is 0. The molecule has 0 spiro atoms. The van der Waals surface area contributed by atoms with Gasteiger partial charge in [0.05, 0.1) is 12.2 Å². The molecule has 0 aliphatic carbocycles. The van der Waals surface area contributed by atoms with Crippen LogP contribution in [0.2, 0.25) is 0 Å². The first-order valence-electron chi connectivity index (χ1n) is 11.0. The van der Waals surface area contributed by atoms with Crippen LogP contribution in [-0.2, 0) is 14.3 Å². The number of hydrogen-bond donors (Lipinski definition) is 1. The molecular weight excluding hydrogens is 408 g/mol. The Labute approximate surface area is 189 Å². The summed E-state index contributed by atoms with van der Waals surface area (Å²) in [5, 5.41) is 10.7. The van der Waals surface area contributed by atoms with Crippen molar-refractivity contribution < 1.29 is 17.7 Å². The first kappa shape index (κ1) is 27.3. The molecule has 1 unspecified atom stereocenters. The molecule has 1 rings (SSSR count). The van der Waals surface area contributed by atoms with Crippen molar-refractivity contribution in [2.45, 2.75) is 90.1 Å². The lowest BCUT2D eigenvalue weighted by Crippen LogP contribution is -2.28. The highest BCUT2D eigenvalue weighted by Crippen LogP contribution is 2.36. The van der Waals surface area contributed by atoms with Crippen molar-refractivity contribution in [2.75, 3.05) is 6.61 Å². The van der Waals surface area contributed by atoms with Gasteiger partial charge in [0.25, 0.3) is 10.1 Å². The lowest BCUT2D eigenvalue weighted by atomic mass is 9.89. The molecule has 1 aromatic rings. The molecular formula is C26H40O4S. The Morgan fingerprint density at radius 3 is 2.00 bits per heavy atom. The van der Waals surface area contributed by atoms with E-state index in [0.717, 1.165) is 16.7 Å². The average molecular weight is 449 g/mol. The summed E-state index contributed by atoms with van der Waals surface area (Å²) in [5.74, 6) is 0.359. The van der Waals surface area contributed by atoms with Crippen LogP contribution in [0.15, 0.2) is 53.5 Å². The topological polar surface area (TPSA) is 63.6 Å². The van der Waals surface area contributed by atoms with Crippen LogP contribution in [0.25, 0.3) is 0 Å². The fourth-order valence-electron chi connectivity index (χ4n) is 3.21. The third-order valence-electron chi connectivity index (χ3n) is 5.45. The van der Waals surface area contributed by atoms with Crippen molar-refractivity contribution >= 4 is 10.1 Å². The molecule has 5 heteroatoms. The Bertz CT molecular complexity index is 888. The van der Waals surface area contributed by atoms with E-state index >= 15 is 0 Å². The Morgan fingerprint density at radius 1 is 1.06 bits per heavy atom. The number of allylic oxidation sites excluding steroid dienone is 3. The second-order valence-electron chi connectivity index (χ2n) is 9.20. The van der Waals surface area contributed by atoms with E-state index in [0.29, 0.717) is 11.5 Å². The van der Waals surface area contributed by atoms with E-state index in [1.54, 1.807) is 19.1 Å². The third-order valence-corrected chi connectivity index (χ3v) is 6.90. The van der Waals surface area contributed by atoms with E-state index in [1.807, 2.05) is 58.9 Å². The fourth-order valence-corrected chi connectivity index (χ4v) is 4.80. The Kier molecular flexibility index (Phi) is 9.93. The zero-order valence-corrected chi connectivity index (χ0v) is 21.2. The third kappa shape index (κ3) is 7.44. The maximum absolute atomic E-state index is 13.3. The highest BCUT2D eigenvalue weighted by molar-refractivity contribution is 7.86. The van der Waals surface area contributed by atoms with Crippen LogP contribution < -0.4 is 0 Å². The zero-order chi connectivity index (χ0) is 24.0. The van der Waals surface area contributed by atoms with Gasteiger partial charge in [-0.15, -0.1) is 0 Å². The number of hydrogen-bond acceptors (Lipinski definition) is 4. The van der Waals surface area contributed by atoms with Gasteiger partial charge >= 0.3 is 0 Å². The lowest BCUT2D eigenvalue weighted by Gasteiger charge is -2.25. The monoisotopic (exact) mass is 448 g/mol. The maximum Gasteiger partial charge on any atom is 0.297 e. The maximum atomic E-state index is 13.3. The summed E-state index contributed by atoms with van der Waals surface area (Å²) in [6, 6.07) is 3.98. The first-order valence-corrected chi connectivity index (χ1v) is 12.4. The van der Waals surface area contributed by atoms with Crippen molar-refractivity contribution in [1.29, 1.82) is 0 Å². The van der Waals surface area contributed by atoms with Crippen LogP contribution in [0, 0.1) is 0 Å². The zero-order valence-electron chi connectivity index (χ0n) is 20.4. The largest absolute Gasteiger partial charge is 0.385 e. The quantitative estimate of drug-likeness (QED) is 0.306. The molecule has 0 fully saturated rings. The van der Waals surface area contributed by atoms with Gasteiger partial charge in [-0.05, 0) is 53.9 Å². The predicted octanol–water partition coefficient (Wildman–Crippen LogP) is 6.59. The molecule has 0 bridgehead atoms. The van der Waals surface area contributed by atoms with E-state index in [9.17, 15) is 13.5 Å². The van der Waals surface area contributed by atoms with Crippen molar-refractivity contribution in [3.63, 3.8) is 0 Å². The van der Waals surface area contributed by atoms with Crippen molar-refractivity contribution in [3.05, 3.63) is 65.3 Å². The molecule has 4 nitrogen and oxygen atoms in total. The summed E-state index contributed by atoms with van der Waals surface area (Å²) in [5.41, 5.74) is 1.91. The lowest BCUT2D eigenvalue weighted by molar-refractivity contribution is 0.0767. The molecule has 0 aliphatic rings. The minimum absolute atomic E-state index is 0.0317. The van der Waals surface area contributed by atoms with Gasteiger partial charge in [-0.25, -0.2) is 0 Å². The van der Waals surface area contributed by atoms with Crippen molar-refractivity contribution in [1.82, 2.24) is 0 Å². The molecule has 0 saturated carbocycles. The van der Waals surface area contributed by atoms with E-state index in [1.165, 1.54) is 0 Å². The molecule has 31 heavy (non-hydrogen) atoms. The van der Waals surface area contributed by atoms with Gasteiger partial charge in [0.15, 0.2) is 0 Å². The van der Waals surface area contributed by atoms with Gasteiger partial charge in [-0.1, -0.05) is 84.6 Å². The average Bonchev–Trinajstić information content (AvgIpc) is 2.66. The first-order chi connectivity index (χ1) is 14.2. The fraction of sp³-hybridized carbons (Fsp3) is 0.538. The van der Waals surface area contributed by atoms with Gasteiger partial charge in [-0.2, -0.15) is 8.42 Å². The van der Waals surface area contributed by atoms with Gasteiger partial charge in [-0.3, -0.25) is 4.18 Å². The van der Waals surface area contributed by atoms with E-state index < -0.39 is 15.7 Å². The number of aliphatic hydroxyl groups is 1. The van der Waals surface area contributed by atoms with Gasteiger partial charge in [0.2, 0.25) is 0 Å². The summed E-state index contributed by atoms with van der Waals surface area (Å²) in [4.78, 5) is 0.272. The molecule has 0 aromatic heterocycles. The van der Waals surface area contributed by atoms with E-state index in [2.05, 4.69) is 20.4 Å². The van der Waals surface area contributed by atoms with Crippen LogP contribution in [-0.4, -0.2) is 25.7 Å². The molecule has 0 aliphatic heterocycles. The van der Waals surface area contributed by atoms with Crippen LogP contribution in [0.3, 0.4) is 0 Å². The summed E-state index contributed by atoms with van der Waals surface area (Å²) in [6.07, 6.45) is 7.33. The number of rotatable bonds is 11. The smallest absolute Gasteiger partial charge is 0.297 e. The van der Waals surface area contributed by atoms with Crippen LogP contribution in [0.1, 0.15) is 96.3 Å². The van der Waals surface area contributed by atoms with Crippen molar-refractivity contribution in [2.24, 2.45) is 0 Å². The van der Waals surface area contributed by atoms with Crippen LogP contribution in [0.5, 0.6) is 0 Å². The molecule has 0 heterocycles. The normalized spacial score (nSPS) is 15.0.